The van der Waals surface area contributed by atoms with Gasteiger partial charge < -0.3 is 5.32 Å². The lowest BCUT2D eigenvalue weighted by Gasteiger charge is -2.06. The van der Waals surface area contributed by atoms with Crippen molar-refractivity contribution >= 4 is 33.1 Å². The van der Waals surface area contributed by atoms with Crippen molar-refractivity contribution in [3.8, 4) is 0 Å². The number of hydrogen-bond acceptors (Lipinski definition) is 4. The molecule has 0 radical (unpaired) electrons. The van der Waals surface area contributed by atoms with Crippen molar-refractivity contribution in [3.63, 3.8) is 0 Å². The van der Waals surface area contributed by atoms with E-state index in [1.54, 1.807) is 4.57 Å². The summed E-state index contributed by atoms with van der Waals surface area (Å²) in [6.45, 7) is 6.44. The minimum absolute atomic E-state index is 0.0921. The summed E-state index contributed by atoms with van der Waals surface area (Å²) in [6.07, 6.45) is 4.92. The zero-order chi connectivity index (χ0) is 18.7. The second-order valence-corrected chi connectivity index (χ2v) is 7.33. The molecule has 0 aliphatic rings. The molecule has 1 aromatic carbocycles. The highest BCUT2D eigenvalue weighted by molar-refractivity contribution is 7.20. The molecule has 0 aliphatic carbocycles. The van der Waals surface area contributed by atoms with Crippen LogP contribution in [0.1, 0.15) is 47.5 Å². The molecule has 0 fully saturated rings. The Morgan fingerprint density at radius 3 is 2.62 bits per heavy atom. The molecule has 0 saturated heterocycles. The second-order valence-electron chi connectivity index (χ2n) is 6.33. The monoisotopic (exact) mass is 369 g/mol. The summed E-state index contributed by atoms with van der Waals surface area (Å²) in [4.78, 5) is 30.7. The average Bonchev–Trinajstić information content (AvgIpc) is 2.99. The maximum absolute atomic E-state index is 12.7. The van der Waals surface area contributed by atoms with E-state index in [-0.39, 0.29) is 11.5 Å². The maximum Gasteiger partial charge on any atom is 0.266 e. The van der Waals surface area contributed by atoms with Gasteiger partial charge in [-0.1, -0.05) is 25.5 Å². The molecule has 0 bridgehead atoms. The van der Waals surface area contributed by atoms with Gasteiger partial charge in [0.05, 0.1) is 16.6 Å². The van der Waals surface area contributed by atoms with Crippen LogP contribution < -0.4 is 10.9 Å². The first-order valence-corrected chi connectivity index (χ1v) is 9.75. The molecule has 1 amide bonds. The number of amides is 1. The zero-order valence-corrected chi connectivity index (χ0v) is 16.2. The number of benzene rings is 1. The van der Waals surface area contributed by atoms with E-state index in [1.807, 2.05) is 38.1 Å². The lowest BCUT2D eigenvalue weighted by atomic mass is 10.1. The van der Waals surface area contributed by atoms with Crippen molar-refractivity contribution in [2.75, 3.05) is 5.32 Å². The highest BCUT2D eigenvalue weighted by atomic mass is 32.1. The fraction of sp³-hybridized carbons (Fsp3) is 0.350. The molecule has 2 aromatic heterocycles. The predicted molar refractivity (Wildman–Crippen MR) is 107 cm³/mol. The first-order valence-electron chi connectivity index (χ1n) is 8.94. The number of anilines is 1. The van der Waals surface area contributed by atoms with Crippen LogP contribution in [0.3, 0.4) is 0 Å². The molecule has 0 aliphatic heterocycles. The van der Waals surface area contributed by atoms with Gasteiger partial charge in [0.25, 0.3) is 11.5 Å². The van der Waals surface area contributed by atoms with Crippen molar-refractivity contribution in [1.82, 2.24) is 9.55 Å². The summed E-state index contributed by atoms with van der Waals surface area (Å²) >= 11 is 1.26. The Bertz CT molecular complexity index is 987. The molecule has 6 heteroatoms. The van der Waals surface area contributed by atoms with E-state index in [4.69, 9.17) is 0 Å². The van der Waals surface area contributed by atoms with E-state index in [0.717, 1.165) is 24.9 Å². The number of carbonyl (C=O) groups excluding carboxylic acids is 1. The molecule has 3 rings (SSSR count). The summed E-state index contributed by atoms with van der Waals surface area (Å²) in [7, 11) is 0. The summed E-state index contributed by atoms with van der Waals surface area (Å²) < 4.78 is 1.55. The molecular formula is C20H23N3O2S. The van der Waals surface area contributed by atoms with Crippen LogP contribution in [0.4, 0.5) is 5.69 Å². The topological polar surface area (TPSA) is 64.0 Å². The van der Waals surface area contributed by atoms with Crippen LogP contribution in [0.5, 0.6) is 0 Å². The summed E-state index contributed by atoms with van der Waals surface area (Å²) in [5.74, 6) is -0.200. The van der Waals surface area contributed by atoms with Gasteiger partial charge in [0, 0.05) is 12.2 Å². The fourth-order valence-corrected chi connectivity index (χ4v) is 3.96. The SMILES string of the molecule is CCCCc1ccc(NC(=O)c2sc3ncn(CC)c(=O)c3c2C)cc1. The second kappa shape index (κ2) is 7.83. The largest absolute Gasteiger partial charge is 0.321 e. The van der Waals surface area contributed by atoms with Crippen molar-refractivity contribution in [3.05, 3.63) is 57.0 Å². The molecule has 1 N–H and O–H groups in total. The van der Waals surface area contributed by atoms with E-state index < -0.39 is 0 Å². The van der Waals surface area contributed by atoms with Crippen LogP contribution in [0.15, 0.2) is 35.4 Å². The number of hydrogen-bond donors (Lipinski definition) is 1. The molecule has 5 nitrogen and oxygen atoms in total. The van der Waals surface area contributed by atoms with E-state index in [0.29, 0.717) is 27.2 Å². The Labute approximate surface area is 156 Å². The number of nitrogens with zero attached hydrogens (tertiary/aromatic N) is 2. The minimum Gasteiger partial charge on any atom is -0.321 e. The molecule has 3 aromatic rings. The number of unbranched alkanes of at least 4 members (excludes halogenated alkanes) is 1. The van der Waals surface area contributed by atoms with Crippen LogP contribution in [0, 0.1) is 6.92 Å². The summed E-state index contributed by atoms with van der Waals surface area (Å²) in [5.41, 5.74) is 2.63. The fourth-order valence-electron chi connectivity index (χ4n) is 2.92. The standard InChI is InChI=1S/C20H23N3O2S/c1-4-6-7-14-8-10-15(11-9-14)22-18(24)17-13(3)16-19(26-17)21-12-23(5-2)20(16)25/h8-12H,4-7H2,1-3H3,(H,22,24). The van der Waals surface area contributed by atoms with E-state index >= 15 is 0 Å². The highest BCUT2D eigenvalue weighted by Crippen LogP contribution is 2.27. The van der Waals surface area contributed by atoms with E-state index in [1.165, 1.54) is 23.2 Å². The first kappa shape index (κ1) is 18.3. The number of thiophene rings is 1. The lowest BCUT2D eigenvalue weighted by Crippen LogP contribution is -2.19. The van der Waals surface area contributed by atoms with Gasteiger partial charge in [-0.2, -0.15) is 0 Å². The third-order valence-corrected chi connectivity index (χ3v) is 5.69. The van der Waals surface area contributed by atoms with E-state index in [2.05, 4.69) is 17.2 Å². The zero-order valence-electron chi connectivity index (χ0n) is 15.3. The van der Waals surface area contributed by atoms with Crippen molar-refractivity contribution in [1.29, 1.82) is 0 Å². The van der Waals surface area contributed by atoms with Gasteiger partial charge in [-0.25, -0.2) is 4.98 Å². The van der Waals surface area contributed by atoms with Gasteiger partial charge in [-0.15, -0.1) is 11.3 Å². The number of aromatic nitrogens is 2. The molecule has 136 valence electrons. The Morgan fingerprint density at radius 2 is 1.96 bits per heavy atom. The summed E-state index contributed by atoms with van der Waals surface area (Å²) in [6, 6.07) is 7.94. The molecule has 0 saturated carbocycles. The Kier molecular flexibility index (Phi) is 5.52. The van der Waals surface area contributed by atoms with Crippen LogP contribution in [-0.2, 0) is 13.0 Å². The van der Waals surface area contributed by atoms with Crippen molar-refractivity contribution in [2.45, 2.75) is 46.6 Å². The molecule has 2 heterocycles. The van der Waals surface area contributed by atoms with Crippen LogP contribution in [0.2, 0.25) is 0 Å². The Morgan fingerprint density at radius 1 is 1.23 bits per heavy atom. The van der Waals surface area contributed by atoms with Crippen LogP contribution in [0.25, 0.3) is 10.2 Å². The Hall–Kier alpha value is -2.47. The normalized spacial score (nSPS) is 11.0. The molecule has 0 atom stereocenters. The number of rotatable bonds is 6. The van der Waals surface area contributed by atoms with Crippen LogP contribution in [-0.4, -0.2) is 15.5 Å². The number of fused-ring (bicyclic) bond motifs is 1. The van der Waals surface area contributed by atoms with Gasteiger partial charge in [0.15, 0.2) is 0 Å². The van der Waals surface area contributed by atoms with Crippen LogP contribution >= 0.6 is 11.3 Å². The molecule has 0 unspecified atom stereocenters. The minimum atomic E-state index is -0.200. The first-order chi connectivity index (χ1) is 12.5. The van der Waals surface area contributed by atoms with Gasteiger partial charge in [0.2, 0.25) is 0 Å². The highest BCUT2D eigenvalue weighted by Gasteiger charge is 2.19. The van der Waals surface area contributed by atoms with Gasteiger partial charge in [-0.05, 0) is 49.9 Å². The van der Waals surface area contributed by atoms with E-state index in [9.17, 15) is 9.59 Å². The molecular weight excluding hydrogens is 346 g/mol. The third kappa shape index (κ3) is 3.55. The van der Waals surface area contributed by atoms with Gasteiger partial charge >= 0.3 is 0 Å². The Balaban J connectivity index is 1.85. The lowest BCUT2D eigenvalue weighted by molar-refractivity contribution is 0.103. The van der Waals surface area contributed by atoms with Crippen molar-refractivity contribution in [2.24, 2.45) is 0 Å². The average molecular weight is 369 g/mol. The number of carbonyl (C=O) groups is 1. The maximum atomic E-state index is 12.7. The molecule has 0 spiro atoms. The third-order valence-electron chi connectivity index (χ3n) is 4.50. The summed E-state index contributed by atoms with van der Waals surface area (Å²) in [5, 5.41) is 3.47. The predicted octanol–water partition coefficient (Wildman–Crippen LogP) is 4.38. The van der Waals surface area contributed by atoms with Gasteiger partial charge in [0.1, 0.15) is 4.83 Å². The van der Waals surface area contributed by atoms with Gasteiger partial charge in [-0.3, -0.25) is 14.2 Å². The smallest absolute Gasteiger partial charge is 0.266 e. The molecule has 26 heavy (non-hydrogen) atoms. The number of aryl methyl sites for hydroxylation is 3. The number of nitrogens with one attached hydrogen (secondary N) is 1. The van der Waals surface area contributed by atoms with Crippen molar-refractivity contribution < 1.29 is 4.79 Å². The quantitative estimate of drug-likeness (QED) is 0.701.